The molecule has 0 aliphatic rings. The van der Waals surface area contributed by atoms with Gasteiger partial charge < -0.3 is 14.6 Å². The minimum atomic E-state index is -0.403. The van der Waals surface area contributed by atoms with Crippen LogP contribution in [0.2, 0.25) is 5.02 Å². The van der Waals surface area contributed by atoms with Crippen molar-refractivity contribution in [2.24, 2.45) is 0 Å². The Balaban J connectivity index is 1.50. The zero-order valence-electron chi connectivity index (χ0n) is 16.5. The van der Waals surface area contributed by atoms with Crippen molar-refractivity contribution in [2.75, 3.05) is 13.2 Å². The summed E-state index contributed by atoms with van der Waals surface area (Å²) in [5.41, 5.74) is 4.65. The Morgan fingerprint density at radius 3 is 2.62 bits per heavy atom. The molecule has 0 aliphatic heterocycles. The second-order valence-electron chi connectivity index (χ2n) is 7.13. The quantitative estimate of drug-likeness (QED) is 0.278. The molecule has 0 bridgehead atoms. The first-order valence-electron chi connectivity index (χ1n) is 9.29. The summed E-state index contributed by atoms with van der Waals surface area (Å²) in [5, 5.41) is 11.4. The predicted molar refractivity (Wildman–Crippen MR) is 111 cm³/mol. The number of rotatable bonds is 7. The first-order chi connectivity index (χ1) is 13.8. The van der Waals surface area contributed by atoms with Crippen LogP contribution in [0.1, 0.15) is 24.5 Å². The second kappa shape index (κ2) is 7.08. The number of benzene rings is 2. The van der Waals surface area contributed by atoms with Gasteiger partial charge in [-0.15, -0.1) is 14.1 Å². The molecule has 4 aromatic rings. The number of aryl methyl sites for hydroxylation is 1. The van der Waals surface area contributed by atoms with Gasteiger partial charge in [0.15, 0.2) is 0 Å². The van der Waals surface area contributed by atoms with Crippen LogP contribution in [-0.2, 0) is 9.53 Å². The maximum absolute atomic E-state index is 11.4. The fraction of sp³-hybridized carbons (Fsp3) is 0.286. The van der Waals surface area contributed by atoms with Crippen LogP contribution in [0, 0.1) is 13.8 Å². The fourth-order valence-electron chi connectivity index (χ4n) is 3.35. The van der Waals surface area contributed by atoms with Gasteiger partial charge in [0.25, 0.3) is 0 Å². The standard InChI is InChI=1S/C21H22ClN3O4/c1-12(2)21(27)29-9-5-8-28-20-13(3)10-18(19(26)14(20)4)25-23-16-7-6-15(22)11-17(16)24(23)25/h6-7,10-11,26H,1,5,8-9H2,2-4H3. The maximum atomic E-state index is 11.4. The van der Waals surface area contributed by atoms with E-state index in [-0.39, 0.29) is 12.4 Å². The maximum Gasteiger partial charge on any atom is 0.333 e. The molecule has 0 fully saturated rings. The third-order valence-corrected chi connectivity index (χ3v) is 5.09. The number of carbonyl (C=O) groups excluding carboxylic acids is 1. The molecule has 0 saturated carbocycles. The Hall–Kier alpha value is -3.06. The van der Waals surface area contributed by atoms with Gasteiger partial charge in [-0.1, -0.05) is 18.2 Å². The largest absolute Gasteiger partial charge is 0.505 e. The van der Waals surface area contributed by atoms with Crippen LogP contribution in [0.15, 0.2) is 36.4 Å². The number of hydrogen-bond donors (Lipinski definition) is 1. The van der Waals surface area contributed by atoms with E-state index in [9.17, 15) is 9.90 Å². The van der Waals surface area contributed by atoms with E-state index in [4.69, 9.17) is 21.1 Å². The van der Waals surface area contributed by atoms with Crippen LogP contribution in [0.25, 0.3) is 16.7 Å². The summed E-state index contributed by atoms with van der Waals surface area (Å²) in [5.74, 6) is 0.391. The van der Waals surface area contributed by atoms with E-state index in [1.54, 1.807) is 6.92 Å². The van der Waals surface area contributed by atoms with Crippen LogP contribution >= 0.6 is 11.6 Å². The van der Waals surface area contributed by atoms with Crippen LogP contribution in [0.4, 0.5) is 0 Å². The topological polar surface area (TPSA) is 69.5 Å². The summed E-state index contributed by atoms with van der Waals surface area (Å²) in [6, 6.07) is 7.57. The number of phenols is 1. The number of fused-ring (bicyclic) bond motifs is 4. The number of halogens is 1. The Kier molecular flexibility index (Phi) is 4.70. The average Bonchev–Trinajstić information content (AvgIpc) is 3.34. The van der Waals surface area contributed by atoms with Crippen molar-refractivity contribution in [1.29, 1.82) is 0 Å². The van der Waals surface area contributed by atoms with Gasteiger partial charge >= 0.3 is 5.97 Å². The Labute approximate surface area is 172 Å². The number of hydrogen-bond acceptors (Lipinski definition) is 4. The smallest absolute Gasteiger partial charge is 0.333 e. The van der Waals surface area contributed by atoms with E-state index in [2.05, 4.69) is 6.58 Å². The predicted octanol–water partition coefficient (Wildman–Crippen LogP) is 4.28. The van der Waals surface area contributed by atoms with Crippen molar-refractivity contribution in [3.63, 3.8) is 0 Å². The molecule has 0 aliphatic carbocycles. The van der Waals surface area contributed by atoms with E-state index in [1.165, 1.54) is 0 Å². The minimum absolute atomic E-state index is 0.158. The molecular weight excluding hydrogens is 394 g/mol. The van der Waals surface area contributed by atoms with E-state index >= 15 is 0 Å². The molecule has 0 spiro atoms. The monoisotopic (exact) mass is 415 g/mol. The lowest BCUT2D eigenvalue weighted by molar-refractivity contribution is -0.139. The number of carbonyl (C=O) groups is 1. The van der Waals surface area contributed by atoms with Crippen molar-refractivity contribution in [3.8, 4) is 17.2 Å². The molecule has 0 saturated heterocycles. The van der Waals surface area contributed by atoms with Gasteiger partial charge in [-0.25, -0.2) is 4.79 Å². The Morgan fingerprint density at radius 2 is 1.90 bits per heavy atom. The molecular formula is C21H22ClN3O4. The van der Waals surface area contributed by atoms with Gasteiger partial charge in [-0.2, -0.15) is 0 Å². The molecule has 7 nitrogen and oxygen atoms in total. The molecule has 152 valence electrons. The van der Waals surface area contributed by atoms with E-state index in [0.717, 1.165) is 16.6 Å². The Morgan fingerprint density at radius 1 is 1.17 bits per heavy atom. The summed E-state index contributed by atoms with van der Waals surface area (Å²) in [7, 11) is 0. The molecule has 29 heavy (non-hydrogen) atoms. The SMILES string of the molecule is C=C(C)C(=O)OCCCOc1c(C)cc(-n2n3c4ccc(Cl)cc4n23)c(O)c1C. The lowest BCUT2D eigenvalue weighted by atomic mass is 10.1. The highest BCUT2D eigenvalue weighted by atomic mass is 35.5. The third-order valence-electron chi connectivity index (χ3n) is 4.86. The first-order valence-corrected chi connectivity index (χ1v) is 9.67. The second-order valence-corrected chi connectivity index (χ2v) is 7.57. The lowest BCUT2D eigenvalue weighted by Crippen LogP contribution is -2.10. The average molecular weight is 416 g/mol. The first kappa shape index (κ1) is 19.3. The minimum Gasteiger partial charge on any atom is -0.505 e. The number of ether oxygens (including phenoxy) is 2. The molecule has 1 N–H and O–H groups in total. The molecule has 4 rings (SSSR count). The number of phenolic OH excluding ortho intramolecular Hbond substituents is 1. The van der Waals surface area contributed by atoms with Crippen LogP contribution < -0.4 is 4.74 Å². The van der Waals surface area contributed by atoms with Crippen LogP contribution in [0.3, 0.4) is 0 Å². The van der Waals surface area contributed by atoms with Gasteiger partial charge in [-0.3, -0.25) is 0 Å². The van der Waals surface area contributed by atoms with Gasteiger partial charge in [0.05, 0.1) is 13.2 Å². The molecule has 2 heterocycles. The molecule has 0 amide bonds. The van der Waals surface area contributed by atoms with E-state index in [0.29, 0.717) is 40.6 Å². The number of nitrogens with zero attached hydrogens (tertiary/aromatic N) is 3. The van der Waals surface area contributed by atoms with Crippen molar-refractivity contribution in [2.45, 2.75) is 27.2 Å². The van der Waals surface area contributed by atoms with Crippen molar-refractivity contribution in [3.05, 3.63) is 52.6 Å². The highest BCUT2D eigenvalue weighted by Gasteiger charge is 2.27. The zero-order chi connectivity index (χ0) is 20.9. The van der Waals surface area contributed by atoms with Gasteiger partial charge in [0.1, 0.15) is 28.2 Å². The summed E-state index contributed by atoms with van der Waals surface area (Å²) in [6.45, 7) is 9.54. The summed E-state index contributed by atoms with van der Waals surface area (Å²) < 4.78 is 14.8. The lowest BCUT2D eigenvalue weighted by Gasteiger charge is -2.15. The van der Waals surface area contributed by atoms with Gasteiger partial charge in [-0.05, 0) is 50.6 Å². The fourth-order valence-corrected chi connectivity index (χ4v) is 3.52. The summed E-state index contributed by atoms with van der Waals surface area (Å²) in [6.07, 6.45) is 0.546. The molecule has 0 unspecified atom stereocenters. The third kappa shape index (κ3) is 3.21. The highest BCUT2D eigenvalue weighted by Crippen LogP contribution is 2.39. The van der Waals surface area contributed by atoms with Crippen molar-refractivity contribution < 1.29 is 19.4 Å². The molecule has 8 heteroatoms. The van der Waals surface area contributed by atoms with Crippen molar-refractivity contribution in [1.82, 2.24) is 14.1 Å². The summed E-state index contributed by atoms with van der Waals surface area (Å²) in [4.78, 5) is 13.3. The Bertz CT molecular complexity index is 1230. The van der Waals surface area contributed by atoms with E-state index in [1.807, 2.05) is 52.2 Å². The molecule has 0 radical (unpaired) electrons. The summed E-state index contributed by atoms with van der Waals surface area (Å²) >= 11 is 6.07. The van der Waals surface area contributed by atoms with Gasteiger partial charge in [0.2, 0.25) is 0 Å². The zero-order valence-corrected chi connectivity index (χ0v) is 17.3. The van der Waals surface area contributed by atoms with Crippen LogP contribution in [-0.4, -0.2) is 38.3 Å². The van der Waals surface area contributed by atoms with Gasteiger partial charge in [0, 0.05) is 22.6 Å². The number of aromatic nitrogens is 3. The number of esters is 1. The van der Waals surface area contributed by atoms with Crippen LogP contribution in [0.5, 0.6) is 11.5 Å². The highest BCUT2D eigenvalue weighted by molar-refractivity contribution is 6.31. The molecule has 0 atom stereocenters. The van der Waals surface area contributed by atoms with E-state index < -0.39 is 5.97 Å². The normalized spacial score (nSPS) is 11.6. The molecule has 2 aromatic carbocycles. The number of aromatic hydroxyl groups is 1. The van der Waals surface area contributed by atoms with Crippen molar-refractivity contribution >= 4 is 28.6 Å². The molecule has 2 aromatic heterocycles.